The number of nitrogen functional groups attached to an aromatic ring is 1. The third kappa shape index (κ3) is 4.51. The molecule has 1 aromatic heterocycles. The van der Waals surface area contributed by atoms with Gasteiger partial charge >= 0.3 is 0 Å². The average molecular weight is 305 g/mol. The summed E-state index contributed by atoms with van der Waals surface area (Å²) in [4.78, 5) is 8.83. The Labute approximate surface area is 126 Å². The van der Waals surface area contributed by atoms with Crippen molar-refractivity contribution >= 4 is 22.4 Å². The number of nitrogens with zero attached hydrogens (tertiary/aromatic N) is 2. The molecular weight excluding hydrogens is 286 g/mol. The van der Waals surface area contributed by atoms with Crippen LogP contribution in [-0.4, -0.2) is 32.2 Å². The maximum Gasteiger partial charge on any atom is 0.163 e. The van der Waals surface area contributed by atoms with Crippen LogP contribution in [0.2, 0.25) is 0 Å². The second kappa shape index (κ2) is 7.14. The smallest absolute Gasteiger partial charge is 0.163 e. The third-order valence-electron chi connectivity index (χ3n) is 2.79. The van der Waals surface area contributed by atoms with E-state index in [1.807, 2.05) is 37.3 Å². The van der Waals surface area contributed by atoms with Gasteiger partial charge in [-0.25, -0.2) is 15.8 Å². The van der Waals surface area contributed by atoms with Gasteiger partial charge in [0.15, 0.2) is 5.82 Å². The van der Waals surface area contributed by atoms with Crippen LogP contribution in [0.25, 0.3) is 11.4 Å². The molecule has 0 radical (unpaired) electrons. The van der Waals surface area contributed by atoms with Crippen LogP contribution in [0.1, 0.15) is 6.92 Å². The number of anilines is 2. The molecule has 0 aliphatic rings. The van der Waals surface area contributed by atoms with Gasteiger partial charge in [-0.15, -0.1) is 0 Å². The molecule has 4 N–H and O–H groups in total. The average Bonchev–Trinajstić information content (AvgIpc) is 2.46. The highest BCUT2D eigenvalue weighted by atomic mass is 32.2. The van der Waals surface area contributed by atoms with Crippen LogP contribution < -0.4 is 16.6 Å². The Balaban J connectivity index is 2.28. The van der Waals surface area contributed by atoms with Crippen LogP contribution in [0, 0.1) is 0 Å². The van der Waals surface area contributed by atoms with Crippen molar-refractivity contribution in [3.05, 3.63) is 36.4 Å². The summed E-state index contributed by atoms with van der Waals surface area (Å²) in [6.07, 6.45) is 1.68. The van der Waals surface area contributed by atoms with Crippen LogP contribution in [0.3, 0.4) is 0 Å². The zero-order chi connectivity index (χ0) is 15.2. The van der Waals surface area contributed by atoms with E-state index in [4.69, 9.17) is 5.84 Å². The second-order valence-corrected chi connectivity index (χ2v) is 6.24. The van der Waals surface area contributed by atoms with E-state index in [0.717, 1.165) is 5.56 Å². The molecule has 2 rings (SSSR count). The maximum absolute atomic E-state index is 11.3. The Bertz CT molecular complexity index is 620. The molecule has 2 aromatic rings. The van der Waals surface area contributed by atoms with E-state index in [9.17, 15) is 4.21 Å². The number of aromatic nitrogens is 2. The fourth-order valence-corrected chi connectivity index (χ4v) is 2.75. The lowest BCUT2D eigenvalue weighted by atomic mass is 10.2. The van der Waals surface area contributed by atoms with Gasteiger partial charge in [-0.05, 0) is 6.92 Å². The second-order valence-electron chi connectivity index (χ2n) is 4.76. The van der Waals surface area contributed by atoms with Crippen molar-refractivity contribution in [3.63, 3.8) is 0 Å². The summed E-state index contributed by atoms with van der Waals surface area (Å²) in [5.41, 5.74) is 3.45. The molecule has 7 heteroatoms. The highest BCUT2D eigenvalue weighted by Gasteiger charge is 2.09. The monoisotopic (exact) mass is 305 g/mol. The lowest BCUT2D eigenvalue weighted by molar-refractivity contribution is 0.683. The lowest BCUT2D eigenvalue weighted by Gasteiger charge is -2.14. The molecule has 0 saturated heterocycles. The minimum absolute atomic E-state index is 0.0416. The van der Waals surface area contributed by atoms with Gasteiger partial charge in [0.25, 0.3) is 0 Å². The predicted octanol–water partition coefficient (Wildman–Crippen LogP) is 1.61. The van der Waals surface area contributed by atoms with Crippen molar-refractivity contribution in [1.82, 2.24) is 9.97 Å². The molecule has 2 atom stereocenters. The summed E-state index contributed by atoms with van der Waals surface area (Å²) in [5, 5.41) is 3.22. The van der Waals surface area contributed by atoms with Gasteiger partial charge in [0.05, 0.1) is 0 Å². The van der Waals surface area contributed by atoms with Crippen LogP contribution >= 0.6 is 0 Å². The molecule has 21 heavy (non-hydrogen) atoms. The molecule has 1 heterocycles. The van der Waals surface area contributed by atoms with Gasteiger partial charge in [-0.1, -0.05) is 30.3 Å². The van der Waals surface area contributed by atoms with E-state index in [1.54, 1.807) is 12.3 Å². The molecule has 1 aromatic carbocycles. The van der Waals surface area contributed by atoms with Gasteiger partial charge in [0, 0.05) is 40.5 Å². The predicted molar refractivity (Wildman–Crippen MR) is 87.3 cm³/mol. The van der Waals surface area contributed by atoms with Gasteiger partial charge in [-0.3, -0.25) is 4.21 Å². The molecule has 0 aliphatic heterocycles. The van der Waals surface area contributed by atoms with Crippen LogP contribution in [0.5, 0.6) is 0 Å². The number of hydrogen-bond donors (Lipinski definition) is 3. The Hall–Kier alpha value is -1.99. The van der Waals surface area contributed by atoms with Crippen molar-refractivity contribution < 1.29 is 4.21 Å². The first-order valence-electron chi connectivity index (χ1n) is 6.56. The van der Waals surface area contributed by atoms with Crippen molar-refractivity contribution in [2.24, 2.45) is 5.84 Å². The van der Waals surface area contributed by atoms with Gasteiger partial charge in [0.2, 0.25) is 0 Å². The Kier molecular flexibility index (Phi) is 5.24. The van der Waals surface area contributed by atoms with Crippen molar-refractivity contribution in [1.29, 1.82) is 0 Å². The molecular formula is C14H19N5OS. The zero-order valence-electron chi connectivity index (χ0n) is 12.0. The SMILES string of the molecule is CC(CS(C)=O)Nc1cc(NN)nc(-c2ccccc2)n1. The molecule has 0 bridgehead atoms. The normalized spacial score (nSPS) is 13.5. The summed E-state index contributed by atoms with van der Waals surface area (Å²) >= 11 is 0. The largest absolute Gasteiger partial charge is 0.367 e. The van der Waals surface area contributed by atoms with E-state index in [0.29, 0.717) is 23.2 Å². The Morgan fingerprint density at radius 1 is 1.24 bits per heavy atom. The first-order valence-corrected chi connectivity index (χ1v) is 8.29. The minimum atomic E-state index is -0.864. The molecule has 0 aliphatic carbocycles. The highest BCUT2D eigenvalue weighted by Crippen LogP contribution is 2.20. The summed E-state index contributed by atoms with van der Waals surface area (Å²) in [6.45, 7) is 1.96. The first-order chi connectivity index (χ1) is 10.1. The Morgan fingerprint density at radius 2 is 1.90 bits per heavy atom. The summed E-state index contributed by atoms with van der Waals surface area (Å²) < 4.78 is 11.3. The van der Waals surface area contributed by atoms with Gasteiger partial charge < -0.3 is 10.7 Å². The minimum Gasteiger partial charge on any atom is -0.367 e. The molecule has 0 amide bonds. The highest BCUT2D eigenvalue weighted by molar-refractivity contribution is 7.84. The summed E-state index contributed by atoms with van der Waals surface area (Å²) in [5.74, 6) is 7.77. The molecule has 6 nitrogen and oxygen atoms in total. The standard InChI is InChI=1S/C14H19N5OS/c1-10(9-21(2)20)16-12-8-13(19-15)18-14(17-12)11-6-4-3-5-7-11/h3-8,10H,9,15H2,1-2H3,(H2,16,17,18,19). The fraction of sp³-hybridized carbons (Fsp3) is 0.286. The van der Waals surface area contributed by atoms with Crippen molar-refractivity contribution in [3.8, 4) is 11.4 Å². The third-order valence-corrected chi connectivity index (χ3v) is 3.75. The van der Waals surface area contributed by atoms with Crippen LogP contribution in [0.15, 0.2) is 36.4 Å². The van der Waals surface area contributed by atoms with Crippen LogP contribution in [0.4, 0.5) is 11.6 Å². The number of hydrazine groups is 1. The maximum atomic E-state index is 11.3. The van der Waals surface area contributed by atoms with Crippen molar-refractivity contribution in [2.45, 2.75) is 13.0 Å². The topological polar surface area (TPSA) is 92.9 Å². The summed E-state index contributed by atoms with van der Waals surface area (Å²) in [7, 11) is -0.864. The molecule has 0 spiro atoms. The summed E-state index contributed by atoms with van der Waals surface area (Å²) in [6, 6.07) is 11.4. The Morgan fingerprint density at radius 3 is 2.52 bits per heavy atom. The zero-order valence-corrected chi connectivity index (χ0v) is 12.9. The number of rotatable bonds is 6. The number of nitrogens with one attached hydrogen (secondary N) is 2. The molecule has 112 valence electrons. The van der Waals surface area contributed by atoms with Crippen LogP contribution in [-0.2, 0) is 10.8 Å². The number of benzene rings is 1. The van der Waals surface area contributed by atoms with E-state index >= 15 is 0 Å². The van der Waals surface area contributed by atoms with E-state index in [1.165, 1.54) is 0 Å². The first kappa shape index (κ1) is 15.4. The van der Waals surface area contributed by atoms with Gasteiger partial charge in [0.1, 0.15) is 11.6 Å². The molecule has 2 unspecified atom stereocenters. The van der Waals surface area contributed by atoms with E-state index in [2.05, 4.69) is 20.7 Å². The molecule has 0 saturated carbocycles. The quantitative estimate of drug-likeness (QED) is 0.554. The van der Waals surface area contributed by atoms with Crippen molar-refractivity contribution in [2.75, 3.05) is 22.8 Å². The molecule has 0 fully saturated rings. The number of hydrogen-bond acceptors (Lipinski definition) is 6. The van der Waals surface area contributed by atoms with E-state index in [-0.39, 0.29) is 6.04 Å². The van der Waals surface area contributed by atoms with Gasteiger partial charge in [-0.2, -0.15) is 0 Å². The fourth-order valence-electron chi connectivity index (χ4n) is 1.96. The lowest BCUT2D eigenvalue weighted by Crippen LogP contribution is -2.23. The number of nitrogens with two attached hydrogens (primary N) is 1. The van der Waals surface area contributed by atoms with E-state index < -0.39 is 10.8 Å².